The molecule has 3 heteroatoms. The van der Waals surface area contributed by atoms with Crippen molar-refractivity contribution in [2.45, 2.75) is 44.9 Å². The van der Waals surface area contributed by atoms with Gasteiger partial charge in [-0.1, -0.05) is 50.2 Å². The number of carbonyl (C=O) groups is 1. The first-order valence-electron chi connectivity index (χ1n) is 9.63. The van der Waals surface area contributed by atoms with E-state index >= 15 is 0 Å². The van der Waals surface area contributed by atoms with Gasteiger partial charge in [0.2, 0.25) is 5.91 Å². The lowest BCUT2D eigenvalue weighted by Crippen LogP contribution is -2.25. The first-order chi connectivity index (χ1) is 12.6. The molecule has 1 saturated carbocycles. The summed E-state index contributed by atoms with van der Waals surface area (Å²) in [6, 6.07) is 17.1. The Hall–Kier alpha value is -2.29. The van der Waals surface area contributed by atoms with Crippen molar-refractivity contribution in [2.75, 3.05) is 13.7 Å². The first-order valence-corrected chi connectivity index (χ1v) is 9.63. The van der Waals surface area contributed by atoms with Gasteiger partial charge < -0.3 is 10.1 Å². The van der Waals surface area contributed by atoms with Crippen LogP contribution in [0.5, 0.6) is 5.75 Å². The molecule has 0 aliphatic heterocycles. The molecule has 138 valence electrons. The van der Waals surface area contributed by atoms with Crippen LogP contribution in [-0.2, 0) is 4.79 Å². The summed E-state index contributed by atoms with van der Waals surface area (Å²) in [6.07, 6.45) is 2.65. The topological polar surface area (TPSA) is 38.3 Å². The largest absolute Gasteiger partial charge is 0.497 e. The smallest absolute Gasteiger partial charge is 0.219 e. The number of carbonyl (C=O) groups excluding carboxylic acids is 1. The van der Waals surface area contributed by atoms with Crippen molar-refractivity contribution in [2.24, 2.45) is 5.92 Å². The van der Waals surface area contributed by atoms with Gasteiger partial charge >= 0.3 is 0 Å². The molecule has 0 bridgehead atoms. The summed E-state index contributed by atoms with van der Waals surface area (Å²) in [5.74, 6) is 2.46. The van der Waals surface area contributed by atoms with Gasteiger partial charge in [-0.3, -0.25) is 4.79 Å². The molecular weight excluding hydrogens is 322 g/mol. The van der Waals surface area contributed by atoms with Crippen LogP contribution in [0.25, 0.3) is 0 Å². The second kappa shape index (κ2) is 8.39. The Morgan fingerprint density at radius 2 is 2.00 bits per heavy atom. The zero-order valence-corrected chi connectivity index (χ0v) is 16.0. The summed E-state index contributed by atoms with van der Waals surface area (Å²) < 4.78 is 5.47. The lowest BCUT2D eigenvalue weighted by molar-refractivity contribution is -0.121. The molecule has 1 aliphatic rings. The molecule has 0 saturated heterocycles. The molecule has 2 aromatic rings. The lowest BCUT2D eigenvalue weighted by Gasteiger charge is -2.18. The fourth-order valence-corrected chi connectivity index (χ4v) is 3.73. The molecule has 3 nitrogen and oxygen atoms in total. The highest BCUT2D eigenvalue weighted by Crippen LogP contribution is 2.50. The van der Waals surface area contributed by atoms with E-state index < -0.39 is 0 Å². The molecular formula is C23H29NO2. The van der Waals surface area contributed by atoms with Gasteiger partial charge in [0.05, 0.1) is 7.11 Å². The zero-order valence-electron chi connectivity index (χ0n) is 16.0. The maximum atomic E-state index is 11.7. The molecule has 2 aromatic carbocycles. The number of hydrogen-bond donors (Lipinski definition) is 1. The van der Waals surface area contributed by atoms with Gasteiger partial charge in [0.25, 0.3) is 0 Å². The van der Waals surface area contributed by atoms with Crippen LogP contribution in [0.1, 0.15) is 61.6 Å². The highest BCUT2D eigenvalue weighted by atomic mass is 16.5. The molecule has 3 rings (SSSR count). The predicted molar refractivity (Wildman–Crippen MR) is 106 cm³/mol. The molecule has 0 radical (unpaired) electrons. The third-order valence-corrected chi connectivity index (χ3v) is 5.42. The lowest BCUT2D eigenvalue weighted by atomic mass is 9.87. The minimum Gasteiger partial charge on any atom is -0.497 e. The molecule has 3 atom stereocenters. The Balaban J connectivity index is 1.77. The van der Waals surface area contributed by atoms with Gasteiger partial charge in [-0.05, 0) is 53.5 Å². The summed E-state index contributed by atoms with van der Waals surface area (Å²) in [5, 5.41) is 3.08. The van der Waals surface area contributed by atoms with E-state index in [0.717, 1.165) is 25.1 Å². The SMILES string of the molecule is CCCC(=O)NCC1CC1c1cc(OC)ccc1C(C)c1ccccc1. The Morgan fingerprint density at radius 1 is 1.23 bits per heavy atom. The van der Waals surface area contributed by atoms with Gasteiger partial charge in [-0.2, -0.15) is 0 Å². The normalized spacial score (nSPS) is 19.7. The van der Waals surface area contributed by atoms with Crippen LogP contribution in [0.15, 0.2) is 48.5 Å². The van der Waals surface area contributed by atoms with E-state index in [2.05, 4.69) is 60.8 Å². The molecule has 1 N–H and O–H groups in total. The summed E-state index contributed by atoms with van der Waals surface area (Å²) >= 11 is 0. The summed E-state index contributed by atoms with van der Waals surface area (Å²) in [4.78, 5) is 11.7. The van der Waals surface area contributed by atoms with Gasteiger partial charge in [0.15, 0.2) is 0 Å². The van der Waals surface area contributed by atoms with Crippen LogP contribution >= 0.6 is 0 Å². The first kappa shape index (κ1) is 18.5. The Labute approximate surface area is 156 Å². The number of nitrogens with one attached hydrogen (secondary N) is 1. The van der Waals surface area contributed by atoms with Crippen molar-refractivity contribution in [3.63, 3.8) is 0 Å². The third-order valence-electron chi connectivity index (χ3n) is 5.42. The molecule has 1 aliphatic carbocycles. The van der Waals surface area contributed by atoms with E-state index in [1.54, 1.807) is 7.11 Å². The van der Waals surface area contributed by atoms with E-state index in [0.29, 0.717) is 24.2 Å². The second-order valence-corrected chi connectivity index (χ2v) is 7.28. The van der Waals surface area contributed by atoms with Gasteiger partial charge in [0.1, 0.15) is 5.75 Å². The average Bonchev–Trinajstić information content (AvgIpc) is 3.46. The zero-order chi connectivity index (χ0) is 18.5. The fourth-order valence-electron chi connectivity index (χ4n) is 3.73. The van der Waals surface area contributed by atoms with Gasteiger partial charge in [-0.15, -0.1) is 0 Å². The second-order valence-electron chi connectivity index (χ2n) is 7.28. The quantitative estimate of drug-likeness (QED) is 0.737. The van der Waals surface area contributed by atoms with Crippen LogP contribution in [0.3, 0.4) is 0 Å². The highest BCUT2D eigenvalue weighted by molar-refractivity contribution is 5.75. The number of benzene rings is 2. The van der Waals surface area contributed by atoms with E-state index in [4.69, 9.17) is 4.74 Å². The number of ether oxygens (including phenoxy) is 1. The van der Waals surface area contributed by atoms with Crippen LogP contribution in [0.2, 0.25) is 0 Å². The molecule has 26 heavy (non-hydrogen) atoms. The summed E-state index contributed by atoms with van der Waals surface area (Å²) in [7, 11) is 1.72. The van der Waals surface area contributed by atoms with Crippen molar-refractivity contribution in [1.82, 2.24) is 5.32 Å². The van der Waals surface area contributed by atoms with E-state index in [9.17, 15) is 4.79 Å². The highest BCUT2D eigenvalue weighted by Gasteiger charge is 2.40. The molecule has 0 spiro atoms. The van der Waals surface area contributed by atoms with Crippen LogP contribution < -0.4 is 10.1 Å². The molecule has 0 aromatic heterocycles. The van der Waals surface area contributed by atoms with E-state index in [-0.39, 0.29) is 5.91 Å². The average molecular weight is 351 g/mol. The summed E-state index contributed by atoms with van der Waals surface area (Å²) in [6.45, 7) is 5.08. The predicted octanol–water partition coefficient (Wildman–Crippen LogP) is 4.87. The van der Waals surface area contributed by atoms with Crippen molar-refractivity contribution in [3.8, 4) is 5.75 Å². The number of amides is 1. The standard InChI is InChI=1S/C23H29NO2/c1-4-8-23(25)24-15-18-13-21(18)22-14-19(26-3)11-12-20(22)16(2)17-9-6-5-7-10-17/h5-7,9-12,14,16,18,21H,4,8,13,15H2,1-3H3,(H,24,25). The van der Waals surface area contributed by atoms with Gasteiger partial charge in [-0.25, -0.2) is 0 Å². The maximum absolute atomic E-state index is 11.7. The molecule has 0 heterocycles. The van der Waals surface area contributed by atoms with Crippen molar-refractivity contribution in [3.05, 3.63) is 65.2 Å². The van der Waals surface area contributed by atoms with Crippen LogP contribution in [0.4, 0.5) is 0 Å². The number of methoxy groups -OCH3 is 1. The number of hydrogen-bond acceptors (Lipinski definition) is 2. The fraction of sp³-hybridized carbons (Fsp3) is 0.435. The van der Waals surface area contributed by atoms with Gasteiger partial charge in [0, 0.05) is 18.9 Å². The molecule has 1 fully saturated rings. The number of rotatable bonds is 8. The van der Waals surface area contributed by atoms with E-state index in [1.165, 1.54) is 16.7 Å². The minimum absolute atomic E-state index is 0.168. The maximum Gasteiger partial charge on any atom is 0.219 e. The van der Waals surface area contributed by atoms with Crippen LogP contribution in [0, 0.1) is 5.92 Å². The molecule has 1 amide bonds. The summed E-state index contributed by atoms with van der Waals surface area (Å²) in [5.41, 5.74) is 4.06. The van der Waals surface area contributed by atoms with Crippen molar-refractivity contribution in [1.29, 1.82) is 0 Å². The van der Waals surface area contributed by atoms with Crippen molar-refractivity contribution < 1.29 is 9.53 Å². The molecule has 3 unspecified atom stereocenters. The Morgan fingerprint density at radius 3 is 2.69 bits per heavy atom. The minimum atomic E-state index is 0.168. The Kier molecular flexibility index (Phi) is 5.97. The third kappa shape index (κ3) is 4.27. The Bertz CT molecular complexity index is 741. The van der Waals surface area contributed by atoms with Crippen molar-refractivity contribution >= 4 is 5.91 Å². The van der Waals surface area contributed by atoms with E-state index in [1.807, 2.05) is 6.92 Å². The monoisotopic (exact) mass is 351 g/mol. The van der Waals surface area contributed by atoms with Crippen LogP contribution in [-0.4, -0.2) is 19.6 Å².